The number of halogens is 2. The highest BCUT2D eigenvalue weighted by Crippen LogP contribution is 2.40. The van der Waals surface area contributed by atoms with E-state index in [0.29, 0.717) is 28.6 Å². The quantitative estimate of drug-likeness (QED) is 0.854. The minimum atomic E-state index is -1.18. The molecule has 1 aliphatic rings. The lowest BCUT2D eigenvalue weighted by molar-refractivity contribution is 0.0634. The summed E-state index contributed by atoms with van der Waals surface area (Å²) in [5.74, 6) is 0.627. The molecule has 2 rings (SSSR count). The third-order valence-corrected chi connectivity index (χ3v) is 3.60. The van der Waals surface area contributed by atoms with Crippen LogP contribution in [0, 0.1) is 0 Å². The van der Waals surface area contributed by atoms with Gasteiger partial charge in [-0.1, -0.05) is 6.07 Å². The van der Waals surface area contributed by atoms with Gasteiger partial charge in [0.05, 0.1) is 11.6 Å². The zero-order chi connectivity index (χ0) is 11.0. The molecule has 4 heteroatoms. The highest BCUT2D eigenvalue weighted by molar-refractivity contribution is 9.10. The predicted molar refractivity (Wildman–Crippen MR) is 58.9 cm³/mol. The van der Waals surface area contributed by atoms with Crippen LogP contribution in [0.3, 0.4) is 0 Å². The molecule has 0 saturated heterocycles. The van der Waals surface area contributed by atoms with Crippen LogP contribution in [-0.2, 0) is 6.42 Å². The second-order valence-electron chi connectivity index (χ2n) is 3.65. The minimum Gasteiger partial charge on any atom is -0.496 e. The summed E-state index contributed by atoms with van der Waals surface area (Å²) in [6.07, 6.45) is -1.18. The molecule has 2 atom stereocenters. The second kappa shape index (κ2) is 4.10. The molecule has 0 aromatic heterocycles. The largest absolute Gasteiger partial charge is 0.496 e. The number of hydrogen-bond acceptors (Lipinski definition) is 2. The summed E-state index contributed by atoms with van der Waals surface area (Å²) in [4.78, 5) is 0. The average molecular weight is 275 g/mol. The van der Waals surface area contributed by atoms with Gasteiger partial charge in [-0.05, 0) is 40.4 Å². The summed E-state index contributed by atoms with van der Waals surface area (Å²) in [7, 11) is 1.55. The fourth-order valence-corrected chi connectivity index (χ4v) is 2.72. The van der Waals surface area contributed by atoms with Crippen LogP contribution in [-0.4, -0.2) is 18.4 Å². The van der Waals surface area contributed by atoms with Crippen LogP contribution in [0.25, 0.3) is 0 Å². The lowest BCUT2D eigenvalue weighted by Gasteiger charge is -2.26. The molecule has 0 saturated carbocycles. The smallest absolute Gasteiger partial charge is 0.133 e. The Morgan fingerprint density at radius 3 is 2.93 bits per heavy atom. The Morgan fingerprint density at radius 2 is 2.27 bits per heavy atom. The third kappa shape index (κ3) is 1.76. The van der Waals surface area contributed by atoms with Crippen molar-refractivity contribution in [3.05, 3.63) is 27.7 Å². The van der Waals surface area contributed by atoms with Crippen LogP contribution in [0.1, 0.15) is 23.7 Å². The van der Waals surface area contributed by atoms with Crippen molar-refractivity contribution >= 4 is 15.9 Å². The Hall–Kier alpha value is -0.610. The van der Waals surface area contributed by atoms with Crippen molar-refractivity contribution in [1.82, 2.24) is 0 Å². The first-order valence-electron chi connectivity index (χ1n) is 4.82. The van der Waals surface area contributed by atoms with Crippen LogP contribution >= 0.6 is 15.9 Å². The van der Waals surface area contributed by atoms with Crippen molar-refractivity contribution in [2.75, 3.05) is 7.11 Å². The molecule has 1 aromatic carbocycles. The highest BCUT2D eigenvalue weighted by Gasteiger charge is 2.30. The number of methoxy groups -OCH3 is 1. The normalized spacial score (nSPS) is 24.8. The Labute approximate surface area is 96.2 Å². The van der Waals surface area contributed by atoms with E-state index in [0.717, 1.165) is 5.56 Å². The maximum Gasteiger partial charge on any atom is 0.133 e. The van der Waals surface area contributed by atoms with E-state index in [1.54, 1.807) is 7.11 Å². The van der Waals surface area contributed by atoms with E-state index in [1.165, 1.54) is 0 Å². The van der Waals surface area contributed by atoms with Crippen molar-refractivity contribution < 1.29 is 14.2 Å². The van der Waals surface area contributed by atoms with E-state index in [-0.39, 0.29) is 0 Å². The van der Waals surface area contributed by atoms with Crippen LogP contribution in [0.2, 0.25) is 0 Å². The van der Waals surface area contributed by atoms with Gasteiger partial charge in [-0.15, -0.1) is 0 Å². The van der Waals surface area contributed by atoms with Gasteiger partial charge in [-0.3, -0.25) is 0 Å². The zero-order valence-corrected chi connectivity index (χ0v) is 9.92. The van der Waals surface area contributed by atoms with Gasteiger partial charge in [0.2, 0.25) is 0 Å². The van der Waals surface area contributed by atoms with Crippen molar-refractivity contribution in [3.8, 4) is 5.75 Å². The van der Waals surface area contributed by atoms with Gasteiger partial charge >= 0.3 is 0 Å². The molecule has 0 heterocycles. The molecule has 0 fully saturated rings. The van der Waals surface area contributed by atoms with E-state index in [2.05, 4.69) is 15.9 Å². The number of rotatable bonds is 1. The summed E-state index contributed by atoms with van der Waals surface area (Å²) in [5.41, 5.74) is 1.62. The van der Waals surface area contributed by atoms with E-state index < -0.39 is 12.3 Å². The number of aliphatic hydroxyl groups is 1. The molecule has 1 N–H and O–H groups in total. The van der Waals surface area contributed by atoms with Crippen LogP contribution in [0.15, 0.2) is 16.6 Å². The van der Waals surface area contributed by atoms with Crippen molar-refractivity contribution in [3.63, 3.8) is 0 Å². The molecular weight excluding hydrogens is 263 g/mol. The van der Waals surface area contributed by atoms with E-state index >= 15 is 0 Å². The molecule has 0 aliphatic heterocycles. The lowest BCUT2D eigenvalue weighted by atomic mass is 9.88. The third-order valence-electron chi connectivity index (χ3n) is 2.78. The Kier molecular flexibility index (Phi) is 2.98. The number of benzene rings is 1. The number of ether oxygens (including phenoxy) is 1. The SMILES string of the molecule is COc1ccc2c(c1Br)C(O)C(F)CC2. The number of alkyl halides is 1. The zero-order valence-electron chi connectivity index (χ0n) is 8.34. The van der Waals surface area contributed by atoms with E-state index in [4.69, 9.17) is 4.74 Å². The van der Waals surface area contributed by atoms with Gasteiger partial charge in [0.1, 0.15) is 18.0 Å². The number of hydrogen-bond donors (Lipinski definition) is 1. The first kappa shape index (κ1) is 10.9. The Balaban J connectivity index is 2.53. The van der Waals surface area contributed by atoms with Crippen molar-refractivity contribution in [1.29, 1.82) is 0 Å². The summed E-state index contributed by atoms with van der Waals surface area (Å²) < 4.78 is 19.1. The standard InChI is InChI=1S/C11H12BrFO2/c1-15-8-5-3-6-2-4-7(13)11(14)9(6)10(8)12/h3,5,7,11,14H,2,4H2,1H3. The summed E-state index contributed by atoms with van der Waals surface area (Å²) in [5, 5.41) is 9.77. The lowest BCUT2D eigenvalue weighted by Crippen LogP contribution is -2.22. The summed E-state index contributed by atoms with van der Waals surface area (Å²) in [6.45, 7) is 0. The highest BCUT2D eigenvalue weighted by atomic mass is 79.9. The molecular formula is C11H12BrFO2. The van der Waals surface area contributed by atoms with Crippen LogP contribution in [0.4, 0.5) is 4.39 Å². The molecule has 1 aliphatic carbocycles. The number of fused-ring (bicyclic) bond motifs is 1. The van der Waals surface area contributed by atoms with Gasteiger partial charge in [0, 0.05) is 5.56 Å². The molecule has 0 bridgehead atoms. The van der Waals surface area contributed by atoms with E-state index in [9.17, 15) is 9.50 Å². The van der Waals surface area contributed by atoms with Gasteiger partial charge in [0.15, 0.2) is 0 Å². The molecule has 0 radical (unpaired) electrons. The van der Waals surface area contributed by atoms with Crippen LogP contribution < -0.4 is 4.74 Å². The fourth-order valence-electron chi connectivity index (χ4n) is 1.94. The first-order chi connectivity index (χ1) is 7.15. The van der Waals surface area contributed by atoms with Gasteiger partial charge in [-0.2, -0.15) is 0 Å². The number of aryl methyl sites for hydroxylation is 1. The topological polar surface area (TPSA) is 29.5 Å². The number of aliphatic hydroxyl groups excluding tert-OH is 1. The summed E-state index contributed by atoms with van der Waals surface area (Å²) >= 11 is 3.34. The first-order valence-corrected chi connectivity index (χ1v) is 5.62. The monoisotopic (exact) mass is 274 g/mol. The average Bonchev–Trinajstić information content (AvgIpc) is 2.24. The molecule has 1 aromatic rings. The van der Waals surface area contributed by atoms with Crippen molar-refractivity contribution in [2.24, 2.45) is 0 Å². The second-order valence-corrected chi connectivity index (χ2v) is 4.45. The maximum atomic E-state index is 13.4. The predicted octanol–water partition coefficient (Wildman–Crippen LogP) is 2.78. The van der Waals surface area contributed by atoms with E-state index in [1.807, 2.05) is 12.1 Å². The molecule has 0 amide bonds. The van der Waals surface area contributed by atoms with Gasteiger partial charge < -0.3 is 9.84 Å². The van der Waals surface area contributed by atoms with Crippen molar-refractivity contribution in [2.45, 2.75) is 25.1 Å². The Bertz CT molecular complexity index is 381. The minimum absolute atomic E-state index is 0.382. The molecule has 82 valence electrons. The maximum absolute atomic E-state index is 13.4. The Morgan fingerprint density at radius 1 is 1.53 bits per heavy atom. The molecule has 15 heavy (non-hydrogen) atoms. The molecule has 2 nitrogen and oxygen atoms in total. The van der Waals surface area contributed by atoms with Gasteiger partial charge in [-0.25, -0.2) is 4.39 Å². The summed E-state index contributed by atoms with van der Waals surface area (Å²) in [6, 6.07) is 3.71. The fraction of sp³-hybridized carbons (Fsp3) is 0.455. The molecule has 2 unspecified atom stereocenters. The van der Waals surface area contributed by atoms with Gasteiger partial charge in [0.25, 0.3) is 0 Å². The molecule has 0 spiro atoms. The van der Waals surface area contributed by atoms with Crippen LogP contribution in [0.5, 0.6) is 5.75 Å².